The highest BCUT2D eigenvalue weighted by molar-refractivity contribution is 5.94. The first-order valence-corrected chi connectivity index (χ1v) is 10.9. The maximum Gasteiger partial charge on any atom is 0.253 e. The van der Waals surface area contributed by atoms with Crippen molar-refractivity contribution < 1.29 is 19.0 Å². The molecule has 7 heteroatoms. The van der Waals surface area contributed by atoms with Gasteiger partial charge in [0.15, 0.2) is 17.6 Å². The van der Waals surface area contributed by atoms with E-state index >= 15 is 0 Å². The molecule has 0 radical (unpaired) electrons. The average Bonchev–Trinajstić information content (AvgIpc) is 3.27. The zero-order valence-electron chi connectivity index (χ0n) is 18.6. The van der Waals surface area contributed by atoms with Crippen molar-refractivity contribution >= 4 is 11.6 Å². The summed E-state index contributed by atoms with van der Waals surface area (Å²) in [5.74, 6) is 2.04. The van der Waals surface area contributed by atoms with Crippen LogP contribution in [-0.2, 0) is 6.61 Å². The Hall–Kier alpha value is -4.00. The van der Waals surface area contributed by atoms with Gasteiger partial charge in [0.05, 0.1) is 12.2 Å². The van der Waals surface area contributed by atoms with E-state index < -0.39 is 0 Å². The van der Waals surface area contributed by atoms with Crippen LogP contribution in [0.3, 0.4) is 0 Å². The lowest BCUT2D eigenvalue weighted by molar-refractivity contribution is 0.0521. The monoisotopic (exact) mass is 443 g/mol. The van der Waals surface area contributed by atoms with Gasteiger partial charge in [-0.15, -0.1) is 0 Å². The van der Waals surface area contributed by atoms with Crippen molar-refractivity contribution in [3.8, 4) is 17.2 Å². The first-order chi connectivity index (χ1) is 16.1. The number of aryl methyl sites for hydroxylation is 1. The number of likely N-dealkylation sites (N-methyl/N-ethyl adjacent to an activating group) is 1. The van der Waals surface area contributed by atoms with E-state index in [4.69, 9.17) is 14.2 Å². The van der Waals surface area contributed by atoms with E-state index in [1.165, 1.54) is 0 Å². The van der Waals surface area contributed by atoms with Crippen molar-refractivity contribution in [2.45, 2.75) is 19.6 Å². The fourth-order valence-electron chi connectivity index (χ4n) is 3.89. The Labute approximate surface area is 192 Å². The lowest BCUT2D eigenvalue weighted by atomic mass is 10.2. The molecule has 0 bridgehead atoms. The fourth-order valence-corrected chi connectivity index (χ4v) is 3.89. The zero-order valence-corrected chi connectivity index (χ0v) is 18.6. The summed E-state index contributed by atoms with van der Waals surface area (Å²) < 4.78 is 19.6. The Morgan fingerprint density at radius 2 is 1.91 bits per heavy atom. The summed E-state index contributed by atoms with van der Waals surface area (Å²) in [5.41, 5.74) is 3.48. The van der Waals surface area contributed by atoms with Gasteiger partial charge in [0, 0.05) is 25.0 Å². The number of hydrogen-bond donors (Lipinski definition) is 0. The average molecular weight is 444 g/mol. The number of carbonyl (C=O) groups is 1. The number of benzene rings is 2. The van der Waals surface area contributed by atoms with E-state index in [9.17, 15) is 4.79 Å². The molecule has 0 saturated heterocycles. The Balaban J connectivity index is 1.17. The molecule has 1 aliphatic heterocycles. The topological polar surface area (TPSA) is 65.3 Å². The Bertz CT molecular complexity index is 1280. The predicted octanol–water partition coefficient (Wildman–Crippen LogP) is 4.13. The van der Waals surface area contributed by atoms with Gasteiger partial charge in [-0.1, -0.05) is 18.2 Å². The van der Waals surface area contributed by atoms with Crippen LogP contribution >= 0.6 is 0 Å². The van der Waals surface area contributed by atoms with Crippen LogP contribution in [0.25, 0.3) is 5.65 Å². The van der Waals surface area contributed by atoms with Gasteiger partial charge in [-0.25, -0.2) is 4.98 Å². The molecule has 1 atom stereocenters. The van der Waals surface area contributed by atoms with Crippen LogP contribution in [0, 0.1) is 6.92 Å². The summed E-state index contributed by atoms with van der Waals surface area (Å²) in [4.78, 5) is 19.1. The molecular formula is C26H25N3O4. The van der Waals surface area contributed by atoms with Crippen molar-refractivity contribution in [2.75, 3.05) is 20.2 Å². The molecule has 168 valence electrons. The van der Waals surface area contributed by atoms with Crippen molar-refractivity contribution in [2.24, 2.45) is 0 Å². The number of pyridine rings is 1. The Morgan fingerprint density at radius 1 is 1.12 bits per heavy atom. The second kappa shape index (κ2) is 8.86. The van der Waals surface area contributed by atoms with Gasteiger partial charge >= 0.3 is 0 Å². The molecular weight excluding hydrogens is 418 g/mol. The third-order valence-corrected chi connectivity index (χ3v) is 5.61. The standard InChI is InChI=1S/C26H25N3O4/c1-18-6-5-13-29-14-20(27-25(18)29)16-31-21-11-9-19(10-12-21)26(30)28(2)15-22-17-32-23-7-3-4-8-24(23)33-22/h3-14,22H,15-17H2,1-2H3/t22-/m0/s1. The molecule has 0 N–H and O–H groups in total. The van der Waals surface area contributed by atoms with E-state index in [2.05, 4.69) is 4.98 Å². The molecule has 0 fully saturated rings. The van der Waals surface area contributed by atoms with Crippen molar-refractivity contribution in [3.05, 3.63) is 89.9 Å². The van der Waals surface area contributed by atoms with E-state index in [0.717, 1.165) is 22.7 Å². The normalized spacial score (nSPS) is 14.8. The van der Waals surface area contributed by atoms with Crippen molar-refractivity contribution in [1.29, 1.82) is 0 Å². The third-order valence-electron chi connectivity index (χ3n) is 5.61. The van der Waals surface area contributed by atoms with Gasteiger partial charge in [-0.3, -0.25) is 4.79 Å². The summed E-state index contributed by atoms with van der Waals surface area (Å²) >= 11 is 0. The molecule has 1 amide bonds. The predicted molar refractivity (Wildman–Crippen MR) is 124 cm³/mol. The van der Waals surface area contributed by atoms with E-state index in [1.54, 1.807) is 36.2 Å². The molecule has 0 aliphatic carbocycles. The highest BCUT2D eigenvalue weighted by Gasteiger charge is 2.24. The number of para-hydroxylation sites is 2. The Morgan fingerprint density at radius 3 is 2.70 bits per heavy atom. The van der Waals surface area contributed by atoms with Crippen LogP contribution in [-0.4, -0.2) is 46.5 Å². The molecule has 4 aromatic rings. The van der Waals surface area contributed by atoms with Gasteiger partial charge in [-0.2, -0.15) is 0 Å². The van der Waals surface area contributed by atoms with Crippen LogP contribution in [0.15, 0.2) is 73.1 Å². The molecule has 33 heavy (non-hydrogen) atoms. The number of rotatable bonds is 6. The first kappa shape index (κ1) is 20.9. The lowest BCUT2D eigenvalue weighted by Crippen LogP contribution is -2.41. The third kappa shape index (κ3) is 4.48. The van der Waals surface area contributed by atoms with Crippen LogP contribution in [0.1, 0.15) is 21.6 Å². The van der Waals surface area contributed by atoms with Crippen LogP contribution in [0.4, 0.5) is 0 Å². The molecule has 3 heterocycles. The molecule has 2 aromatic carbocycles. The highest BCUT2D eigenvalue weighted by Crippen LogP contribution is 2.31. The van der Waals surface area contributed by atoms with Gasteiger partial charge < -0.3 is 23.5 Å². The van der Waals surface area contributed by atoms with E-state index in [0.29, 0.717) is 36.8 Å². The molecule has 7 nitrogen and oxygen atoms in total. The minimum atomic E-state index is -0.217. The van der Waals surface area contributed by atoms with Gasteiger partial charge in [-0.05, 0) is 55.0 Å². The van der Waals surface area contributed by atoms with Crippen LogP contribution < -0.4 is 14.2 Å². The van der Waals surface area contributed by atoms with Crippen molar-refractivity contribution in [3.63, 3.8) is 0 Å². The lowest BCUT2D eigenvalue weighted by Gasteiger charge is -2.29. The number of imidazole rings is 1. The minimum Gasteiger partial charge on any atom is -0.487 e. The van der Waals surface area contributed by atoms with Crippen LogP contribution in [0.5, 0.6) is 17.2 Å². The second-order valence-corrected chi connectivity index (χ2v) is 8.15. The van der Waals surface area contributed by atoms with Gasteiger partial charge in [0.1, 0.15) is 24.6 Å². The molecule has 2 aromatic heterocycles. The Kier molecular flexibility index (Phi) is 5.60. The summed E-state index contributed by atoms with van der Waals surface area (Å²) in [5, 5.41) is 0. The summed E-state index contributed by atoms with van der Waals surface area (Å²) in [6.07, 6.45) is 3.72. The summed E-state index contributed by atoms with van der Waals surface area (Å²) in [6.45, 7) is 3.23. The van der Waals surface area contributed by atoms with Crippen LogP contribution in [0.2, 0.25) is 0 Å². The molecule has 0 unspecified atom stereocenters. The number of aromatic nitrogens is 2. The molecule has 0 saturated carbocycles. The molecule has 1 aliphatic rings. The number of fused-ring (bicyclic) bond motifs is 2. The SMILES string of the molecule is Cc1cccn2cc(COc3ccc(C(=O)N(C)C[C@H]4COc5ccccc5O4)cc3)nc12. The van der Waals surface area contributed by atoms with Crippen molar-refractivity contribution in [1.82, 2.24) is 14.3 Å². The first-order valence-electron chi connectivity index (χ1n) is 10.9. The summed E-state index contributed by atoms with van der Waals surface area (Å²) in [7, 11) is 1.77. The van der Waals surface area contributed by atoms with E-state index in [1.807, 2.05) is 60.1 Å². The van der Waals surface area contributed by atoms with E-state index in [-0.39, 0.29) is 12.0 Å². The maximum atomic E-state index is 12.9. The number of nitrogens with zero attached hydrogens (tertiary/aromatic N) is 3. The largest absolute Gasteiger partial charge is 0.487 e. The fraction of sp³-hybridized carbons (Fsp3) is 0.231. The summed E-state index contributed by atoms with van der Waals surface area (Å²) in [6, 6.07) is 18.7. The number of ether oxygens (including phenoxy) is 3. The maximum absolute atomic E-state index is 12.9. The molecule has 0 spiro atoms. The number of amides is 1. The number of carbonyl (C=O) groups excluding carboxylic acids is 1. The minimum absolute atomic E-state index is 0.0835. The quantitative estimate of drug-likeness (QED) is 0.448. The second-order valence-electron chi connectivity index (χ2n) is 8.15. The van der Waals surface area contributed by atoms with Gasteiger partial charge in [0.2, 0.25) is 0 Å². The zero-order chi connectivity index (χ0) is 22.8. The smallest absolute Gasteiger partial charge is 0.253 e. The van der Waals surface area contributed by atoms with Gasteiger partial charge in [0.25, 0.3) is 5.91 Å². The molecule has 5 rings (SSSR count). The number of hydrogen-bond acceptors (Lipinski definition) is 5. The highest BCUT2D eigenvalue weighted by atomic mass is 16.6.